The zero-order valence-corrected chi connectivity index (χ0v) is 20.2. The van der Waals surface area contributed by atoms with Crippen molar-refractivity contribution in [3.8, 4) is 11.5 Å². The van der Waals surface area contributed by atoms with Gasteiger partial charge in [0.2, 0.25) is 5.91 Å². The van der Waals surface area contributed by atoms with Gasteiger partial charge in [0, 0.05) is 5.69 Å². The van der Waals surface area contributed by atoms with Crippen LogP contribution < -0.4 is 14.8 Å². The Kier molecular flexibility index (Phi) is 8.72. The minimum atomic E-state index is -0.674. The number of thioether (sulfide) groups is 1. The molecule has 1 aliphatic heterocycles. The molecule has 12 heteroatoms. The van der Waals surface area contributed by atoms with E-state index in [1.807, 2.05) is 0 Å². The Hall–Kier alpha value is -3.57. The van der Waals surface area contributed by atoms with Crippen LogP contribution in [0.3, 0.4) is 0 Å². The molecule has 1 heterocycles. The molecular formula is C23H20ClFN2O7S. The fourth-order valence-electron chi connectivity index (χ4n) is 2.99. The highest BCUT2D eigenvalue weighted by atomic mass is 35.5. The number of carbonyl (C=O) groups is 4. The third kappa shape index (κ3) is 6.74. The molecule has 35 heavy (non-hydrogen) atoms. The van der Waals surface area contributed by atoms with Crippen LogP contribution in [0.25, 0.3) is 6.08 Å². The number of nitrogens with one attached hydrogen (secondary N) is 1. The van der Waals surface area contributed by atoms with Gasteiger partial charge in [-0.2, -0.15) is 0 Å². The smallest absolute Gasteiger partial charge is 0.344 e. The van der Waals surface area contributed by atoms with Gasteiger partial charge < -0.3 is 19.5 Å². The van der Waals surface area contributed by atoms with Gasteiger partial charge in [0.25, 0.3) is 11.1 Å². The number of ether oxygens (including phenoxy) is 3. The highest BCUT2D eigenvalue weighted by Gasteiger charge is 2.36. The average molecular weight is 523 g/mol. The van der Waals surface area contributed by atoms with Gasteiger partial charge in [0.05, 0.1) is 23.6 Å². The Bertz CT molecular complexity index is 1200. The monoisotopic (exact) mass is 522 g/mol. The van der Waals surface area contributed by atoms with Crippen molar-refractivity contribution in [2.45, 2.75) is 6.92 Å². The number of hydrogen-bond donors (Lipinski definition) is 1. The lowest BCUT2D eigenvalue weighted by Gasteiger charge is -2.13. The van der Waals surface area contributed by atoms with Gasteiger partial charge in [-0.3, -0.25) is 19.3 Å². The van der Waals surface area contributed by atoms with Crippen LogP contribution in [0.1, 0.15) is 12.5 Å². The number of nitrogens with zero attached hydrogens (tertiary/aromatic N) is 1. The molecule has 0 unspecified atom stereocenters. The molecule has 2 aromatic rings. The quantitative estimate of drug-likeness (QED) is 0.387. The van der Waals surface area contributed by atoms with E-state index in [0.29, 0.717) is 17.3 Å². The first kappa shape index (κ1) is 26.0. The Balaban J connectivity index is 1.73. The largest absolute Gasteiger partial charge is 0.493 e. The van der Waals surface area contributed by atoms with E-state index < -0.39 is 35.4 Å². The van der Waals surface area contributed by atoms with Crippen molar-refractivity contribution in [2.75, 3.05) is 32.2 Å². The fraction of sp³-hybridized carbons (Fsp3) is 0.217. The first-order valence-corrected chi connectivity index (χ1v) is 11.4. The molecule has 0 bridgehead atoms. The van der Waals surface area contributed by atoms with Crippen LogP contribution >= 0.6 is 23.4 Å². The molecule has 1 N–H and O–H groups in total. The van der Waals surface area contributed by atoms with Crippen LogP contribution in [-0.4, -0.2) is 54.8 Å². The average Bonchev–Trinajstić information content (AvgIpc) is 3.05. The fourth-order valence-corrected chi connectivity index (χ4v) is 4.11. The number of carbonyl (C=O) groups excluding carboxylic acids is 4. The van der Waals surface area contributed by atoms with Gasteiger partial charge >= 0.3 is 5.97 Å². The molecule has 2 aromatic carbocycles. The maximum atomic E-state index is 13.3. The molecule has 1 saturated heterocycles. The second kappa shape index (κ2) is 11.7. The highest BCUT2D eigenvalue weighted by Crippen LogP contribution is 2.39. The van der Waals surface area contributed by atoms with Crippen LogP contribution in [0.5, 0.6) is 11.5 Å². The highest BCUT2D eigenvalue weighted by molar-refractivity contribution is 8.18. The van der Waals surface area contributed by atoms with Crippen molar-refractivity contribution < 1.29 is 37.8 Å². The van der Waals surface area contributed by atoms with Crippen LogP contribution in [-0.2, 0) is 19.1 Å². The maximum Gasteiger partial charge on any atom is 0.344 e. The molecule has 0 saturated carbocycles. The minimum absolute atomic E-state index is 0.0619. The van der Waals surface area contributed by atoms with Gasteiger partial charge in [-0.05, 0) is 60.7 Å². The van der Waals surface area contributed by atoms with Crippen molar-refractivity contribution in [2.24, 2.45) is 0 Å². The Morgan fingerprint density at radius 1 is 1.23 bits per heavy atom. The molecule has 3 amide bonds. The molecule has 0 spiro atoms. The zero-order chi connectivity index (χ0) is 25.5. The lowest BCUT2D eigenvalue weighted by molar-refractivity contribution is -0.145. The van der Waals surface area contributed by atoms with E-state index in [2.05, 4.69) is 5.32 Å². The summed E-state index contributed by atoms with van der Waals surface area (Å²) in [6.45, 7) is 0.954. The van der Waals surface area contributed by atoms with Crippen LogP contribution in [0.4, 0.5) is 14.9 Å². The number of anilines is 1. The van der Waals surface area contributed by atoms with Crippen LogP contribution in [0.15, 0.2) is 41.3 Å². The minimum Gasteiger partial charge on any atom is -0.493 e. The molecule has 0 radical (unpaired) electrons. The maximum absolute atomic E-state index is 13.3. The van der Waals surface area contributed by atoms with Gasteiger partial charge in [-0.1, -0.05) is 17.7 Å². The third-order valence-electron chi connectivity index (χ3n) is 4.47. The summed E-state index contributed by atoms with van der Waals surface area (Å²) in [5.41, 5.74) is 0.620. The molecular weight excluding hydrogens is 503 g/mol. The zero-order valence-electron chi connectivity index (χ0n) is 18.6. The van der Waals surface area contributed by atoms with E-state index in [0.717, 1.165) is 11.0 Å². The summed E-state index contributed by atoms with van der Waals surface area (Å²) in [5, 5.41) is 1.91. The summed E-state index contributed by atoms with van der Waals surface area (Å²) in [5.74, 6) is -2.14. The normalized spacial score (nSPS) is 14.3. The molecule has 0 aliphatic carbocycles. The van der Waals surface area contributed by atoms with E-state index in [-0.39, 0.29) is 40.3 Å². The first-order valence-electron chi connectivity index (χ1n) is 10.2. The summed E-state index contributed by atoms with van der Waals surface area (Å²) < 4.78 is 28.8. The molecule has 0 atom stereocenters. The van der Waals surface area contributed by atoms with Crippen molar-refractivity contribution in [1.82, 2.24) is 4.90 Å². The van der Waals surface area contributed by atoms with Crippen LogP contribution in [0, 0.1) is 5.82 Å². The van der Waals surface area contributed by atoms with E-state index >= 15 is 0 Å². The number of hydrogen-bond acceptors (Lipinski definition) is 8. The van der Waals surface area contributed by atoms with Crippen LogP contribution in [0.2, 0.25) is 5.02 Å². The summed E-state index contributed by atoms with van der Waals surface area (Å²) >= 11 is 6.93. The second-order valence-corrected chi connectivity index (χ2v) is 8.35. The molecule has 184 valence electrons. The molecule has 1 aliphatic rings. The molecule has 0 aromatic heterocycles. The standard InChI is InChI=1S/C23H20ClFN2O7S/c1-3-33-20(29)12-34-21-16(24)7-13(8-17(21)32-2)9-18-22(30)27(23(31)35-18)11-19(28)26-15-6-4-5-14(25)10-15/h4-10H,3,11-12H2,1-2H3,(H,26,28)/b18-9+. The lowest BCUT2D eigenvalue weighted by Crippen LogP contribution is -2.36. The van der Waals surface area contributed by atoms with E-state index in [1.165, 1.54) is 43.5 Å². The van der Waals surface area contributed by atoms with E-state index in [9.17, 15) is 23.6 Å². The Morgan fingerprint density at radius 3 is 2.69 bits per heavy atom. The molecule has 3 rings (SSSR count). The van der Waals surface area contributed by atoms with Gasteiger partial charge in [0.15, 0.2) is 18.1 Å². The van der Waals surface area contributed by atoms with Crippen molar-refractivity contribution in [1.29, 1.82) is 0 Å². The van der Waals surface area contributed by atoms with Crippen molar-refractivity contribution >= 4 is 58.1 Å². The van der Waals surface area contributed by atoms with E-state index in [4.69, 9.17) is 25.8 Å². The Labute approximate surface area is 209 Å². The Morgan fingerprint density at radius 2 is 2.00 bits per heavy atom. The van der Waals surface area contributed by atoms with Gasteiger partial charge in [-0.15, -0.1) is 0 Å². The number of methoxy groups -OCH3 is 1. The third-order valence-corrected chi connectivity index (χ3v) is 5.66. The predicted octanol–water partition coefficient (Wildman–Crippen LogP) is 4.10. The number of rotatable bonds is 9. The summed E-state index contributed by atoms with van der Waals surface area (Å²) in [6.07, 6.45) is 1.42. The van der Waals surface area contributed by atoms with Gasteiger partial charge in [0.1, 0.15) is 12.4 Å². The SMILES string of the molecule is CCOC(=O)COc1c(Cl)cc(/C=C2/SC(=O)N(CC(=O)Nc3cccc(F)c3)C2=O)cc1OC. The lowest BCUT2D eigenvalue weighted by atomic mass is 10.1. The van der Waals surface area contributed by atoms with Crippen molar-refractivity contribution in [3.63, 3.8) is 0 Å². The number of halogens is 2. The number of amides is 3. The van der Waals surface area contributed by atoms with E-state index in [1.54, 1.807) is 6.92 Å². The summed E-state index contributed by atoms with van der Waals surface area (Å²) in [7, 11) is 1.37. The topological polar surface area (TPSA) is 111 Å². The second-order valence-electron chi connectivity index (χ2n) is 6.95. The number of esters is 1. The summed E-state index contributed by atoms with van der Waals surface area (Å²) in [6, 6.07) is 8.21. The first-order chi connectivity index (χ1) is 16.7. The van der Waals surface area contributed by atoms with Gasteiger partial charge in [-0.25, -0.2) is 9.18 Å². The molecule has 1 fully saturated rings. The summed E-state index contributed by atoms with van der Waals surface area (Å²) in [4.78, 5) is 49.7. The predicted molar refractivity (Wildman–Crippen MR) is 128 cm³/mol. The molecule has 9 nitrogen and oxygen atoms in total. The van der Waals surface area contributed by atoms with Crippen molar-refractivity contribution in [3.05, 3.63) is 57.7 Å². The number of imide groups is 1. The number of benzene rings is 2.